The SMILES string of the molecule is [CH2-]CC/C=C\C[C@@H]1[C@@H](COc2cccc(OC)c2)[C@H](O)C[C@H]1Cl.[Y]. The number of ether oxygens (including phenoxy) is 2. The summed E-state index contributed by atoms with van der Waals surface area (Å²) in [6.07, 6.45) is 7.26. The van der Waals surface area contributed by atoms with E-state index in [9.17, 15) is 5.11 Å². The number of allylic oxidation sites excluding steroid dienone is 2. The molecule has 0 spiro atoms. The largest absolute Gasteiger partial charge is 0.497 e. The number of halogens is 1. The summed E-state index contributed by atoms with van der Waals surface area (Å²) in [5.41, 5.74) is 0. The molecule has 1 fully saturated rings. The standard InChI is InChI=1S/C19H26ClO3.Y/c1-3-4-5-6-10-16-17(19(21)12-18(16)20)13-23-15-9-7-8-14(11-15)22-2;/h5-9,11,16-19,21H,1,3-4,10,12-13H2,2H3;/q-1;/b6-5-;/t16-,17-,18-,19-;/m1./s1. The van der Waals surface area contributed by atoms with Crippen LogP contribution in [-0.2, 0) is 32.7 Å². The monoisotopic (exact) mass is 426 g/mol. The zero-order valence-electron chi connectivity index (χ0n) is 14.2. The maximum atomic E-state index is 10.3. The van der Waals surface area contributed by atoms with Crippen LogP contribution >= 0.6 is 11.6 Å². The average Bonchev–Trinajstić information content (AvgIpc) is 2.83. The number of methoxy groups -OCH3 is 1. The molecule has 0 unspecified atom stereocenters. The van der Waals surface area contributed by atoms with Crippen LogP contribution in [0, 0.1) is 18.8 Å². The molecule has 24 heavy (non-hydrogen) atoms. The molecule has 1 saturated carbocycles. The van der Waals surface area contributed by atoms with Crippen LogP contribution < -0.4 is 9.47 Å². The zero-order valence-corrected chi connectivity index (χ0v) is 17.8. The Kier molecular flexibility index (Phi) is 10.5. The third-order valence-electron chi connectivity index (χ3n) is 4.40. The topological polar surface area (TPSA) is 38.7 Å². The van der Waals surface area contributed by atoms with Crippen molar-refractivity contribution in [3.63, 3.8) is 0 Å². The molecule has 0 amide bonds. The number of hydrogen-bond donors (Lipinski definition) is 1. The number of benzene rings is 1. The summed E-state index contributed by atoms with van der Waals surface area (Å²) in [7, 11) is 1.63. The molecule has 1 radical (unpaired) electrons. The number of unbranched alkanes of at least 4 members (excludes halogenated alkanes) is 1. The van der Waals surface area contributed by atoms with Gasteiger partial charge in [-0.3, -0.25) is 0 Å². The van der Waals surface area contributed by atoms with E-state index in [4.69, 9.17) is 21.1 Å². The minimum absolute atomic E-state index is 0. The summed E-state index contributed by atoms with van der Waals surface area (Å²) in [5.74, 6) is 1.80. The van der Waals surface area contributed by atoms with Gasteiger partial charge in [0.15, 0.2) is 0 Å². The second kappa shape index (κ2) is 11.5. The van der Waals surface area contributed by atoms with Crippen LogP contribution in [0.2, 0.25) is 0 Å². The van der Waals surface area contributed by atoms with Crippen molar-refractivity contribution in [2.45, 2.75) is 37.2 Å². The molecular weight excluding hydrogens is 401 g/mol. The molecule has 2 rings (SSSR count). The Balaban J connectivity index is 0.00000288. The summed E-state index contributed by atoms with van der Waals surface area (Å²) in [4.78, 5) is 0. The van der Waals surface area contributed by atoms with Gasteiger partial charge in [0.1, 0.15) is 11.5 Å². The Morgan fingerprint density at radius 2 is 2.04 bits per heavy atom. The van der Waals surface area contributed by atoms with Gasteiger partial charge in [-0.25, -0.2) is 0 Å². The third kappa shape index (κ3) is 6.33. The van der Waals surface area contributed by atoms with E-state index in [-0.39, 0.29) is 49.9 Å². The quantitative estimate of drug-likeness (QED) is 0.384. The first kappa shape index (κ1) is 22.0. The van der Waals surface area contributed by atoms with Crippen LogP contribution in [0.25, 0.3) is 0 Å². The average molecular weight is 427 g/mol. The summed E-state index contributed by atoms with van der Waals surface area (Å²) >= 11 is 6.43. The van der Waals surface area contributed by atoms with E-state index >= 15 is 0 Å². The molecule has 0 saturated heterocycles. The molecule has 0 bridgehead atoms. The van der Waals surface area contributed by atoms with Gasteiger partial charge in [0.05, 0.1) is 19.8 Å². The van der Waals surface area contributed by atoms with Crippen LogP contribution in [0.4, 0.5) is 0 Å². The minimum Gasteiger partial charge on any atom is -0.497 e. The minimum atomic E-state index is -0.408. The number of alkyl halides is 1. The maximum absolute atomic E-state index is 10.3. The smallest absolute Gasteiger partial charge is 0.123 e. The maximum Gasteiger partial charge on any atom is 0.123 e. The molecule has 1 N–H and O–H groups in total. The molecule has 5 heteroatoms. The molecule has 0 heterocycles. The Morgan fingerprint density at radius 1 is 1.29 bits per heavy atom. The number of aliphatic hydroxyl groups is 1. The van der Waals surface area contributed by atoms with E-state index in [2.05, 4.69) is 19.1 Å². The van der Waals surface area contributed by atoms with Crippen molar-refractivity contribution < 1.29 is 47.3 Å². The van der Waals surface area contributed by atoms with Crippen molar-refractivity contribution in [2.24, 2.45) is 11.8 Å². The summed E-state index contributed by atoms with van der Waals surface area (Å²) < 4.78 is 11.1. The number of hydrogen-bond acceptors (Lipinski definition) is 3. The zero-order chi connectivity index (χ0) is 16.7. The van der Waals surface area contributed by atoms with Crippen molar-refractivity contribution >= 4 is 11.6 Å². The summed E-state index contributed by atoms with van der Waals surface area (Å²) in [6, 6.07) is 7.51. The van der Waals surface area contributed by atoms with E-state index < -0.39 is 6.10 Å². The Labute approximate surface area is 175 Å². The molecule has 1 aliphatic carbocycles. The predicted octanol–water partition coefficient (Wildman–Crippen LogP) is 4.24. The van der Waals surface area contributed by atoms with Crippen LogP contribution in [0.1, 0.15) is 25.7 Å². The fraction of sp³-hybridized carbons (Fsp3) is 0.526. The summed E-state index contributed by atoms with van der Waals surface area (Å²) in [6.45, 7) is 4.29. The van der Waals surface area contributed by atoms with Crippen LogP contribution in [-0.4, -0.2) is 30.3 Å². The van der Waals surface area contributed by atoms with Crippen molar-refractivity contribution in [1.82, 2.24) is 0 Å². The Bertz CT molecular complexity index is 509. The molecule has 1 aliphatic rings. The molecular formula is C19H26ClO3Y-. The van der Waals surface area contributed by atoms with E-state index in [0.29, 0.717) is 13.0 Å². The van der Waals surface area contributed by atoms with Crippen molar-refractivity contribution in [2.75, 3.05) is 13.7 Å². The van der Waals surface area contributed by atoms with Gasteiger partial charge in [0.2, 0.25) is 0 Å². The van der Waals surface area contributed by atoms with Crippen molar-refractivity contribution in [1.29, 1.82) is 0 Å². The second-order valence-electron chi connectivity index (χ2n) is 5.99. The van der Waals surface area contributed by atoms with Gasteiger partial charge in [0, 0.05) is 50.1 Å². The van der Waals surface area contributed by atoms with Gasteiger partial charge < -0.3 is 21.5 Å². The van der Waals surface area contributed by atoms with Gasteiger partial charge in [-0.1, -0.05) is 24.6 Å². The van der Waals surface area contributed by atoms with Crippen LogP contribution in [0.5, 0.6) is 11.5 Å². The molecule has 0 aliphatic heterocycles. The normalized spacial score (nSPS) is 26.3. The van der Waals surface area contributed by atoms with Gasteiger partial charge in [0.25, 0.3) is 0 Å². The first-order valence-corrected chi connectivity index (χ1v) is 8.62. The summed E-state index contributed by atoms with van der Waals surface area (Å²) in [5, 5.41) is 10.3. The van der Waals surface area contributed by atoms with E-state index in [1.165, 1.54) is 0 Å². The van der Waals surface area contributed by atoms with Gasteiger partial charge in [-0.05, 0) is 30.9 Å². The Morgan fingerprint density at radius 3 is 2.75 bits per heavy atom. The first-order chi connectivity index (χ1) is 11.2. The first-order valence-electron chi connectivity index (χ1n) is 8.19. The molecule has 1 aromatic rings. The second-order valence-corrected chi connectivity index (χ2v) is 6.55. The molecule has 4 atom stereocenters. The van der Waals surface area contributed by atoms with Crippen molar-refractivity contribution in [3.8, 4) is 11.5 Å². The van der Waals surface area contributed by atoms with Gasteiger partial charge in [-0.15, -0.1) is 11.6 Å². The van der Waals surface area contributed by atoms with E-state index in [1.807, 2.05) is 24.3 Å². The number of rotatable bonds is 8. The molecule has 0 aromatic heterocycles. The van der Waals surface area contributed by atoms with E-state index in [0.717, 1.165) is 30.8 Å². The third-order valence-corrected chi connectivity index (χ3v) is 4.91. The molecule has 1 aromatic carbocycles. The molecule has 131 valence electrons. The predicted molar refractivity (Wildman–Crippen MR) is 94.1 cm³/mol. The van der Waals surface area contributed by atoms with E-state index in [1.54, 1.807) is 7.11 Å². The van der Waals surface area contributed by atoms with Crippen LogP contribution in [0.15, 0.2) is 36.4 Å². The van der Waals surface area contributed by atoms with Gasteiger partial charge in [-0.2, -0.15) is 6.42 Å². The Hall–Kier alpha value is -0.0861. The molecule has 3 nitrogen and oxygen atoms in total. The van der Waals surface area contributed by atoms with Gasteiger partial charge >= 0.3 is 0 Å². The fourth-order valence-electron chi connectivity index (χ4n) is 3.06. The van der Waals surface area contributed by atoms with Crippen molar-refractivity contribution in [3.05, 3.63) is 43.3 Å². The number of aliphatic hydroxyl groups excluding tert-OH is 1. The van der Waals surface area contributed by atoms with Crippen LogP contribution in [0.3, 0.4) is 0 Å². The fourth-order valence-corrected chi connectivity index (χ4v) is 3.54.